The van der Waals surface area contributed by atoms with E-state index in [0.717, 1.165) is 34.7 Å². The van der Waals surface area contributed by atoms with E-state index in [0.29, 0.717) is 18.0 Å². The molecule has 35 heavy (non-hydrogen) atoms. The number of sulfonamides is 1. The molecule has 0 radical (unpaired) electrons. The Bertz CT molecular complexity index is 1420. The Labute approximate surface area is 212 Å². The maximum atomic E-state index is 12.9. The van der Waals surface area contributed by atoms with Gasteiger partial charge in [-0.2, -0.15) is 4.31 Å². The number of rotatable bonds is 9. The van der Waals surface area contributed by atoms with Gasteiger partial charge in [0, 0.05) is 25.0 Å². The third-order valence-electron chi connectivity index (χ3n) is 6.02. The lowest BCUT2D eigenvalue weighted by molar-refractivity contribution is 0.445. The summed E-state index contributed by atoms with van der Waals surface area (Å²) in [6.45, 7) is 7.46. The monoisotopic (exact) mass is 505 g/mol. The molecule has 0 aliphatic heterocycles. The molecule has 0 saturated heterocycles. The van der Waals surface area contributed by atoms with E-state index in [1.54, 1.807) is 23.5 Å². The second kappa shape index (κ2) is 11.2. The Balaban J connectivity index is 1.72. The molecule has 7 heteroatoms. The number of aryl methyl sites for hydroxylation is 2. The van der Waals surface area contributed by atoms with Gasteiger partial charge in [-0.1, -0.05) is 74.0 Å². The highest BCUT2D eigenvalue weighted by Gasteiger charge is 2.21. The van der Waals surface area contributed by atoms with Crippen LogP contribution < -0.4 is 4.80 Å². The Hall–Kier alpha value is -3.00. The summed E-state index contributed by atoms with van der Waals surface area (Å²) < 4.78 is 29.5. The predicted molar refractivity (Wildman–Crippen MR) is 144 cm³/mol. The molecular weight excluding hydrogens is 474 g/mol. The van der Waals surface area contributed by atoms with Gasteiger partial charge in [-0.3, -0.25) is 0 Å². The van der Waals surface area contributed by atoms with Gasteiger partial charge in [0.15, 0.2) is 4.80 Å². The average molecular weight is 506 g/mol. The highest BCUT2D eigenvalue weighted by molar-refractivity contribution is 7.89. The quantitative estimate of drug-likeness (QED) is 0.279. The van der Waals surface area contributed by atoms with E-state index in [1.807, 2.05) is 44.2 Å². The lowest BCUT2D eigenvalue weighted by atomic mass is 10.1. The van der Waals surface area contributed by atoms with Crippen LogP contribution in [0.1, 0.15) is 25.0 Å². The zero-order valence-electron chi connectivity index (χ0n) is 20.4. The molecule has 1 heterocycles. The number of hydrogen-bond acceptors (Lipinski definition) is 4. The van der Waals surface area contributed by atoms with Gasteiger partial charge in [0.1, 0.15) is 0 Å². The van der Waals surface area contributed by atoms with E-state index in [4.69, 9.17) is 4.99 Å². The van der Waals surface area contributed by atoms with Crippen molar-refractivity contribution in [3.63, 3.8) is 0 Å². The molecule has 3 aromatic carbocycles. The highest BCUT2D eigenvalue weighted by Crippen LogP contribution is 2.25. The van der Waals surface area contributed by atoms with Crippen molar-refractivity contribution in [2.45, 2.75) is 38.6 Å². The normalized spacial score (nSPS) is 12.4. The van der Waals surface area contributed by atoms with Crippen LogP contribution in [0.5, 0.6) is 0 Å². The van der Waals surface area contributed by atoms with E-state index >= 15 is 0 Å². The summed E-state index contributed by atoms with van der Waals surface area (Å²) in [5, 5.41) is 2.10. The van der Waals surface area contributed by atoms with Gasteiger partial charge >= 0.3 is 0 Å². The Morgan fingerprint density at radius 3 is 2.17 bits per heavy atom. The minimum atomic E-state index is -3.48. The summed E-state index contributed by atoms with van der Waals surface area (Å²) in [4.78, 5) is 6.16. The molecule has 0 amide bonds. The van der Waals surface area contributed by atoms with Crippen molar-refractivity contribution < 1.29 is 8.42 Å². The van der Waals surface area contributed by atoms with Crippen LogP contribution in [-0.2, 0) is 23.0 Å². The molecule has 0 N–H and O–H groups in total. The van der Waals surface area contributed by atoms with Gasteiger partial charge in [0.25, 0.3) is 0 Å². The van der Waals surface area contributed by atoms with Crippen LogP contribution in [0.3, 0.4) is 0 Å². The summed E-state index contributed by atoms with van der Waals surface area (Å²) in [6.07, 6.45) is 0.875. The van der Waals surface area contributed by atoms with Crippen molar-refractivity contribution >= 4 is 27.0 Å². The molecule has 4 aromatic rings. The first kappa shape index (κ1) is 25.1. The first-order valence-electron chi connectivity index (χ1n) is 11.9. The molecule has 0 bridgehead atoms. The minimum absolute atomic E-state index is 0.320. The molecule has 4 rings (SSSR count). The second-order valence-electron chi connectivity index (χ2n) is 8.35. The van der Waals surface area contributed by atoms with Crippen molar-refractivity contribution in [3.8, 4) is 11.3 Å². The smallest absolute Gasteiger partial charge is 0.243 e. The molecule has 0 aliphatic rings. The molecule has 1 aromatic heterocycles. The molecule has 0 fully saturated rings. The predicted octanol–water partition coefficient (Wildman–Crippen LogP) is 6.03. The maximum Gasteiger partial charge on any atom is 0.243 e. The molecule has 0 unspecified atom stereocenters. The zero-order chi connectivity index (χ0) is 24.8. The van der Waals surface area contributed by atoms with Gasteiger partial charge < -0.3 is 4.57 Å². The fraction of sp³-hybridized carbons (Fsp3) is 0.250. The number of benzene rings is 3. The van der Waals surface area contributed by atoms with E-state index in [2.05, 4.69) is 53.3 Å². The van der Waals surface area contributed by atoms with Gasteiger partial charge in [-0.25, -0.2) is 13.4 Å². The van der Waals surface area contributed by atoms with E-state index < -0.39 is 10.0 Å². The van der Waals surface area contributed by atoms with E-state index in [9.17, 15) is 8.42 Å². The summed E-state index contributed by atoms with van der Waals surface area (Å²) in [5.41, 5.74) is 5.38. The Morgan fingerprint density at radius 2 is 1.54 bits per heavy atom. The topological polar surface area (TPSA) is 54.7 Å². The maximum absolute atomic E-state index is 12.9. The minimum Gasteiger partial charge on any atom is -0.316 e. The number of nitrogens with zero attached hydrogens (tertiary/aromatic N) is 3. The van der Waals surface area contributed by atoms with Crippen LogP contribution >= 0.6 is 11.3 Å². The summed E-state index contributed by atoms with van der Waals surface area (Å²) in [7, 11) is -3.48. The van der Waals surface area contributed by atoms with Gasteiger partial charge in [0.2, 0.25) is 10.0 Å². The van der Waals surface area contributed by atoms with Crippen molar-refractivity contribution in [2.75, 3.05) is 13.1 Å². The second-order valence-corrected chi connectivity index (χ2v) is 11.1. The molecular formula is C28H31N3O2S2. The fourth-order valence-electron chi connectivity index (χ4n) is 3.99. The van der Waals surface area contributed by atoms with Crippen LogP contribution in [0.25, 0.3) is 11.3 Å². The standard InChI is InChI=1S/C28H31N3O2S2/c1-4-30(5-2)35(32,33)26-17-13-24(14-18-26)27-21-34-28(29-25-15-11-22(3)12-16-25)31(27)20-19-23-9-7-6-8-10-23/h6-18,21H,4-5,19-20H2,1-3H3. The number of thiazole rings is 1. The average Bonchev–Trinajstić information content (AvgIpc) is 3.27. The third-order valence-corrected chi connectivity index (χ3v) is 8.94. The first-order valence-corrected chi connectivity index (χ1v) is 14.2. The van der Waals surface area contributed by atoms with E-state index in [1.165, 1.54) is 15.4 Å². The highest BCUT2D eigenvalue weighted by atomic mass is 32.2. The van der Waals surface area contributed by atoms with Crippen LogP contribution in [0.4, 0.5) is 5.69 Å². The summed E-state index contributed by atoms with van der Waals surface area (Å²) >= 11 is 1.60. The van der Waals surface area contributed by atoms with Crippen molar-refractivity contribution in [1.29, 1.82) is 0 Å². The largest absolute Gasteiger partial charge is 0.316 e. The van der Waals surface area contributed by atoms with Crippen LogP contribution in [0, 0.1) is 6.92 Å². The molecule has 0 aliphatic carbocycles. The van der Waals surface area contributed by atoms with Gasteiger partial charge in [0.05, 0.1) is 16.3 Å². The SMILES string of the molecule is CCN(CC)S(=O)(=O)c1ccc(-c2csc(=Nc3ccc(C)cc3)n2CCc2ccccc2)cc1. The summed E-state index contributed by atoms with van der Waals surface area (Å²) in [6, 6.07) is 25.8. The molecule has 182 valence electrons. The van der Waals surface area contributed by atoms with Crippen LogP contribution in [0.2, 0.25) is 0 Å². The number of hydrogen-bond donors (Lipinski definition) is 0. The van der Waals surface area contributed by atoms with Crippen LogP contribution in [0.15, 0.2) is 94.1 Å². The van der Waals surface area contributed by atoms with Crippen molar-refractivity contribution in [3.05, 3.63) is 100 Å². The molecule has 5 nitrogen and oxygen atoms in total. The lowest BCUT2D eigenvalue weighted by Crippen LogP contribution is -2.30. The molecule has 0 saturated carbocycles. The molecule has 0 spiro atoms. The van der Waals surface area contributed by atoms with Gasteiger partial charge in [-0.15, -0.1) is 11.3 Å². The first-order chi connectivity index (χ1) is 16.9. The fourth-order valence-corrected chi connectivity index (χ4v) is 6.40. The summed E-state index contributed by atoms with van der Waals surface area (Å²) in [5.74, 6) is 0. The van der Waals surface area contributed by atoms with Gasteiger partial charge in [-0.05, 0) is 48.7 Å². The van der Waals surface area contributed by atoms with Crippen LogP contribution in [-0.4, -0.2) is 30.4 Å². The molecule has 0 atom stereocenters. The zero-order valence-corrected chi connectivity index (χ0v) is 22.0. The lowest BCUT2D eigenvalue weighted by Gasteiger charge is -2.18. The third kappa shape index (κ3) is 5.81. The van der Waals surface area contributed by atoms with Crippen molar-refractivity contribution in [1.82, 2.24) is 8.87 Å². The number of aromatic nitrogens is 1. The van der Waals surface area contributed by atoms with Crippen molar-refractivity contribution in [2.24, 2.45) is 4.99 Å². The Morgan fingerprint density at radius 1 is 0.886 bits per heavy atom. The van der Waals surface area contributed by atoms with E-state index in [-0.39, 0.29) is 0 Å². The Kier molecular flexibility index (Phi) is 8.00.